The van der Waals surface area contributed by atoms with E-state index in [1.807, 2.05) is 20.8 Å². The van der Waals surface area contributed by atoms with Crippen molar-refractivity contribution in [2.45, 2.75) is 45.3 Å². The average molecular weight is 398 g/mol. The van der Waals surface area contributed by atoms with Gasteiger partial charge in [0.15, 0.2) is 0 Å². The highest BCUT2D eigenvalue weighted by atomic mass is 79.9. The number of hydrogen-bond donors (Lipinski definition) is 2. The predicted molar refractivity (Wildman–Crippen MR) is 96.8 cm³/mol. The number of benzene rings is 1. The van der Waals surface area contributed by atoms with Crippen molar-refractivity contribution in [3.8, 4) is 0 Å². The fourth-order valence-electron chi connectivity index (χ4n) is 2.54. The molecule has 0 bridgehead atoms. The van der Waals surface area contributed by atoms with E-state index < -0.39 is 5.60 Å². The summed E-state index contributed by atoms with van der Waals surface area (Å²) in [5.74, 6) is -0.185. The third kappa shape index (κ3) is 5.12. The second-order valence-electron chi connectivity index (χ2n) is 6.95. The first-order valence-electron chi connectivity index (χ1n) is 7.99. The van der Waals surface area contributed by atoms with E-state index in [1.54, 1.807) is 23.1 Å². The highest BCUT2D eigenvalue weighted by Gasteiger charge is 2.27. The van der Waals surface area contributed by atoms with Crippen LogP contribution in [0.4, 0.5) is 10.5 Å². The van der Waals surface area contributed by atoms with E-state index in [2.05, 4.69) is 21.2 Å². The van der Waals surface area contributed by atoms with Crippen molar-refractivity contribution in [3.63, 3.8) is 0 Å². The van der Waals surface area contributed by atoms with E-state index in [4.69, 9.17) is 10.5 Å². The molecule has 3 N–H and O–H groups in total. The summed E-state index contributed by atoms with van der Waals surface area (Å²) in [7, 11) is 0. The lowest BCUT2D eigenvalue weighted by molar-refractivity contribution is 0.0200. The van der Waals surface area contributed by atoms with E-state index in [1.165, 1.54) is 0 Å². The van der Waals surface area contributed by atoms with Crippen molar-refractivity contribution in [3.05, 3.63) is 28.2 Å². The van der Waals surface area contributed by atoms with Crippen LogP contribution in [0.5, 0.6) is 0 Å². The van der Waals surface area contributed by atoms with Gasteiger partial charge in [0, 0.05) is 29.3 Å². The van der Waals surface area contributed by atoms with Gasteiger partial charge in [-0.25, -0.2) is 4.79 Å². The van der Waals surface area contributed by atoms with Crippen LogP contribution in [0.1, 0.15) is 44.0 Å². The van der Waals surface area contributed by atoms with Gasteiger partial charge in [0.1, 0.15) is 5.60 Å². The minimum atomic E-state index is -0.499. The number of hydrogen-bond acceptors (Lipinski definition) is 4. The quantitative estimate of drug-likeness (QED) is 0.750. The lowest BCUT2D eigenvalue weighted by atomic mass is 10.0. The number of ether oxygens (including phenoxy) is 1. The Labute approximate surface area is 150 Å². The maximum Gasteiger partial charge on any atom is 0.410 e. The molecule has 24 heavy (non-hydrogen) atoms. The SMILES string of the molecule is CC(C)(C)OC(=O)N1CCC(NC(=O)c2ccc(Br)cc2N)CC1. The first-order valence-corrected chi connectivity index (χ1v) is 8.79. The van der Waals surface area contributed by atoms with Gasteiger partial charge in [0.25, 0.3) is 5.91 Å². The molecule has 6 nitrogen and oxygen atoms in total. The van der Waals surface area contributed by atoms with Crippen molar-refractivity contribution < 1.29 is 14.3 Å². The molecule has 1 aromatic rings. The van der Waals surface area contributed by atoms with Gasteiger partial charge < -0.3 is 20.7 Å². The molecule has 0 spiro atoms. The minimum absolute atomic E-state index is 0.0271. The number of amides is 2. The van der Waals surface area contributed by atoms with Gasteiger partial charge >= 0.3 is 6.09 Å². The molecule has 0 atom stereocenters. The van der Waals surface area contributed by atoms with Crippen LogP contribution in [0.2, 0.25) is 0 Å². The number of likely N-dealkylation sites (tertiary alicyclic amines) is 1. The van der Waals surface area contributed by atoms with Crippen LogP contribution in [-0.4, -0.2) is 41.6 Å². The zero-order valence-corrected chi connectivity index (χ0v) is 15.9. The van der Waals surface area contributed by atoms with Crippen LogP contribution in [0, 0.1) is 0 Å². The Hall–Kier alpha value is -1.76. The summed E-state index contributed by atoms with van der Waals surface area (Å²) < 4.78 is 6.20. The van der Waals surface area contributed by atoms with Gasteiger partial charge in [-0.3, -0.25) is 4.79 Å². The Kier molecular flexibility index (Phi) is 5.74. The van der Waals surface area contributed by atoms with Crippen LogP contribution in [-0.2, 0) is 4.74 Å². The fourth-order valence-corrected chi connectivity index (χ4v) is 2.92. The first-order chi connectivity index (χ1) is 11.2. The van der Waals surface area contributed by atoms with E-state index >= 15 is 0 Å². The summed E-state index contributed by atoms with van der Waals surface area (Å²) in [5.41, 5.74) is 6.29. The number of carbonyl (C=O) groups is 2. The van der Waals surface area contributed by atoms with E-state index in [-0.39, 0.29) is 18.0 Å². The summed E-state index contributed by atoms with van der Waals surface area (Å²) >= 11 is 3.32. The molecule has 1 fully saturated rings. The molecule has 1 heterocycles. The number of anilines is 1. The standard InChI is InChI=1S/C17H24BrN3O3/c1-17(2,3)24-16(23)21-8-6-12(7-9-21)20-15(22)13-5-4-11(18)10-14(13)19/h4-5,10,12H,6-9,19H2,1-3H3,(H,20,22). The van der Waals surface area contributed by atoms with Crippen molar-refractivity contribution >= 4 is 33.6 Å². The Morgan fingerprint density at radius 3 is 2.46 bits per heavy atom. The van der Waals surface area contributed by atoms with Crippen molar-refractivity contribution in [1.82, 2.24) is 10.2 Å². The monoisotopic (exact) mass is 397 g/mol. The van der Waals surface area contributed by atoms with Gasteiger partial charge in [-0.15, -0.1) is 0 Å². The summed E-state index contributed by atoms with van der Waals surface area (Å²) in [6, 6.07) is 5.22. The van der Waals surface area contributed by atoms with Gasteiger partial charge in [-0.05, 0) is 51.8 Å². The van der Waals surface area contributed by atoms with Gasteiger partial charge in [-0.2, -0.15) is 0 Å². The predicted octanol–water partition coefficient (Wildman–Crippen LogP) is 3.16. The molecule has 1 saturated heterocycles. The summed E-state index contributed by atoms with van der Waals surface area (Å²) in [6.45, 7) is 6.67. The molecule has 1 aromatic carbocycles. The Morgan fingerprint density at radius 2 is 1.92 bits per heavy atom. The lowest BCUT2D eigenvalue weighted by Gasteiger charge is -2.33. The van der Waals surface area contributed by atoms with Crippen LogP contribution in [0.25, 0.3) is 0 Å². The molecule has 7 heteroatoms. The van der Waals surface area contributed by atoms with Crippen LogP contribution in [0.15, 0.2) is 22.7 Å². The molecule has 1 aliphatic rings. The smallest absolute Gasteiger partial charge is 0.410 e. The topological polar surface area (TPSA) is 84.7 Å². The van der Waals surface area contributed by atoms with Crippen molar-refractivity contribution in [2.75, 3.05) is 18.8 Å². The van der Waals surface area contributed by atoms with Crippen molar-refractivity contribution in [2.24, 2.45) is 0 Å². The Morgan fingerprint density at radius 1 is 1.29 bits per heavy atom. The Bertz CT molecular complexity index is 620. The molecular formula is C17H24BrN3O3. The second kappa shape index (κ2) is 7.42. The lowest BCUT2D eigenvalue weighted by Crippen LogP contribution is -2.47. The summed E-state index contributed by atoms with van der Waals surface area (Å²) in [4.78, 5) is 26.1. The van der Waals surface area contributed by atoms with E-state index in [9.17, 15) is 9.59 Å². The third-order valence-corrected chi connectivity index (χ3v) is 4.23. The molecule has 2 rings (SSSR count). The minimum Gasteiger partial charge on any atom is -0.444 e. The molecule has 0 saturated carbocycles. The highest BCUT2D eigenvalue weighted by Crippen LogP contribution is 2.20. The average Bonchev–Trinajstić information content (AvgIpc) is 2.45. The zero-order valence-electron chi connectivity index (χ0n) is 14.3. The number of rotatable bonds is 2. The number of halogens is 1. The number of nitrogens with one attached hydrogen (secondary N) is 1. The highest BCUT2D eigenvalue weighted by molar-refractivity contribution is 9.10. The molecule has 1 aliphatic heterocycles. The normalized spacial score (nSPS) is 15.9. The molecule has 132 valence electrons. The number of nitrogen functional groups attached to an aromatic ring is 1. The third-order valence-electron chi connectivity index (χ3n) is 3.74. The summed E-state index contributed by atoms with van der Waals surface area (Å²) in [5, 5.41) is 2.99. The number of nitrogens with two attached hydrogens (primary N) is 1. The largest absolute Gasteiger partial charge is 0.444 e. The zero-order chi connectivity index (χ0) is 17.9. The maximum atomic E-state index is 12.3. The molecule has 0 aromatic heterocycles. The van der Waals surface area contributed by atoms with Gasteiger partial charge in [-0.1, -0.05) is 15.9 Å². The van der Waals surface area contributed by atoms with E-state index in [0.717, 1.165) is 4.47 Å². The molecular weight excluding hydrogens is 374 g/mol. The van der Waals surface area contributed by atoms with E-state index in [0.29, 0.717) is 37.2 Å². The first kappa shape index (κ1) is 18.6. The van der Waals surface area contributed by atoms with Crippen LogP contribution >= 0.6 is 15.9 Å². The van der Waals surface area contributed by atoms with Crippen molar-refractivity contribution in [1.29, 1.82) is 0 Å². The fraction of sp³-hybridized carbons (Fsp3) is 0.529. The molecule has 0 radical (unpaired) electrons. The number of carbonyl (C=O) groups excluding carboxylic acids is 2. The maximum absolute atomic E-state index is 12.3. The molecule has 2 amide bonds. The van der Waals surface area contributed by atoms with Crippen LogP contribution in [0.3, 0.4) is 0 Å². The summed E-state index contributed by atoms with van der Waals surface area (Å²) in [6.07, 6.45) is 1.09. The molecule has 0 aliphatic carbocycles. The second-order valence-corrected chi connectivity index (χ2v) is 7.86. The number of piperidine rings is 1. The molecule has 0 unspecified atom stereocenters. The Balaban J connectivity index is 1.86. The van der Waals surface area contributed by atoms with Gasteiger partial charge in [0.2, 0.25) is 0 Å². The van der Waals surface area contributed by atoms with Gasteiger partial charge in [0.05, 0.1) is 5.56 Å². The van der Waals surface area contributed by atoms with Crippen LogP contribution < -0.4 is 11.1 Å². The number of nitrogens with zero attached hydrogens (tertiary/aromatic N) is 1.